The fourth-order valence-corrected chi connectivity index (χ4v) is 1.96. The quantitative estimate of drug-likeness (QED) is 0.808. The lowest BCUT2D eigenvalue weighted by molar-refractivity contribution is 0.0613. The molecule has 0 heterocycles. The predicted molar refractivity (Wildman–Crippen MR) is 75.2 cm³/mol. The number of nitrogens with one attached hydrogen (secondary N) is 1. The number of aryl methyl sites for hydroxylation is 1. The van der Waals surface area contributed by atoms with Gasteiger partial charge in [-0.3, -0.25) is 0 Å². The van der Waals surface area contributed by atoms with Gasteiger partial charge in [0.15, 0.2) is 0 Å². The van der Waals surface area contributed by atoms with Gasteiger partial charge in [0.1, 0.15) is 5.75 Å². The van der Waals surface area contributed by atoms with Gasteiger partial charge in [0.25, 0.3) is 0 Å². The number of hydrogen-bond donors (Lipinski definition) is 1. The third-order valence-electron chi connectivity index (χ3n) is 2.90. The van der Waals surface area contributed by atoms with Crippen LogP contribution in [0.5, 0.6) is 5.75 Å². The normalized spacial score (nSPS) is 12.8. The smallest absolute Gasteiger partial charge is 0.119 e. The summed E-state index contributed by atoms with van der Waals surface area (Å²) in [4.78, 5) is 0. The number of benzene rings is 1. The Bertz CT molecular complexity index is 364. The molecule has 0 aromatic heterocycles. The van der Waals surface area contributed by atoms with Crippen molar-refractivity contribution in [1.82, 2.24) is 5.32 Å². The maximum atomic E-state index is 5.73. The Morgan fingerprint density at radius 1 is 1.28 bits per heavy atom. The van der Waals surface area contributed by atoms with Crippen LogP contribution in [0.2, 0.25) is 0 Å². The van der Waals surface area contributed by atoms with Crippen molar-refractivity contribution in [3.05, 3.63) is 29.3 Å². The van der Waals surface area contributed by atoms with Gasteiger partial charge in [-0.15, -0.1) is 0 Å². The molecule has 0 radical (unpaired) electrons. The van der Waals surface area contributed by atoms with Crippen LogP contribution >= 0.6 is 0 Å². The summed E-state index contributed by atoms with van der Waals surface area (Å²) in [5, 5.41) is 3.47. The molecule has 0 fully saturated rings. The highest BCUT2D eigenvalue weighted by Gasteiger charge is 2.14. The van der Waals surface area contributed by atoms with Crippen LogP contribution < -0.4 is 10.1 Å². The zero-order chi connectivity index (χ0) is 13.5. The van der Waals surface area contributed by atoms with Gasteiger partial charge in [-0.1, -0.05) is 13.0 Å². The van der Waals surface area contributed by atoms with Crippen LogP contribution in [-0.4, -0.2) is 26.4 Å². The summed E-state index contributed by atoms with van der Waals surface area (Å²) in [5.41, 5.74) is 2.51. The van der Waals surface area contributed by atoms with E-state index in [1.165, 1.54) is 11.1 Å². The van der Waals surface area contributed by atoms with Crippen molar-refractivity contribution in [2.45, 2.75) is 39.8 Å². The second-order valence-electron chi connectivity index (χ2n) is 4.71. The van der Waals surface area contributed by atoms with Crippen LogP contribution in [0.4, 0.5) is 0 Å². The Hall–Kier alpha value is -1.06. The van der Waals surface area contributed by atoms with E-state index >= 15 is 0 Å². The third-order valence-corrected chi connectivity index (χ3v) is 2.90. The Labute approximate surface area is 110 Å². The zero-order valence-electron chi connectivity index (χ0n) is 12.1. The van der Waals surface area contributed by atoms with Gasteiger partial charge in [0.05, 0.1) is 25.9 Å². The molecule has 0 saturated heterocycles. The predicted octanol–water partition coefficient (Wildman–Crippen LogP) is 3.08. The number of likely N-dealkylation sites (N-methyl/N-ethyl adjacent to an activating group) is 1. The molecular formula is C15H25NO2. The lowest BCUT2D eigenvalue weighted by Crippen LogP contribution is -2.27. The molecule has 0 aliphatic heterocycles. The van der Waals surface area contributed by atoms with Crippen LogP contribution in [0, 0.1) is 6.92 Å². The summed E-state index contributed by atoms with van der Waals surface area (Å²) >= 11 is 0. The minimum Gasteiger partial charge on any atom is -0.497 e. The maximum Gasteiger partial charge on any atom is 0.119 e. The topological polar surface area (TPSA) is 30.5 Å². The summed E-state index contributed by atoms with van der Waals surface area (Å²) < 4.78 is 11.0. The van der Waals surface area contributed by atoms with Gasteiger partial charge in [-0.2, -0.15) is 0 Å². The monoisotopic (exact) mass is 251 g/mol. The van der Waals surface area contributed by atoms with Crippen LogP contribution in [0.15, 0.2) is 18.2 Å². The van der Waals surface area contributed by atoms with Gasteiger partial charge >= 0.3 is 0 Å². The van der Waals surface area contributed by atoms with E-state index in [0.717, 1.165) is 12.3 Å². The summed E-state index contributed by atoms with van der Waals surface area (Å²) in [5.74, 6) is 0.899. The number of ether oxygens (including phenoxy) is 2. The average Bonchev–Trinajstić information content (AvgIpc) is 2.34. The molecule has 1 atom stereocenters. The molecule has 0 spiro atoms. The first-order valence-corrected chi connectivity index (χ1v) is 6.58. The first-order valence-electron chi connectivity index (χ1n) is 6.58. The highest BCUT2D eigenvalue weighted by atomic mass is 16.5. The molecule has 18 heavy (non-hydrogen) atoms. The molecule has 0 aliphatic carbocycles. The highest BCUT2D eigenvalue weighted by Crippen LogP contribution is 2.23. The van der Waals surface area contributed by atoms with Crippen LogP contribution in [-0.2, 0) is 4.74 Å². The second kappa shape index (κ2) is 7.39. The molecule has 3 nitrogen and oxygen atoms in total. The van der Waals surface area contributed by atoms with Gasteiger partial charge < -0.3 is 14.8 Å². The van der Waals surface area contributed by atoms with Crippen molar-refractivity contribution < 1.29 is 9.47 Å². The van der Waals surface area contributed by atoms with Gasteiger partial charge in [-0.25, -0.2) is 0 Å². The molecule has 3 heteroatoms. The Morgan fingerprint density at radius 3 is 2.50 bits per heavy atom. The molecule has 0 bridgehead atoms. The third kappa shape index (κ3) is 4.31. The number of hydrogen-bond acceptors (Lipinski definition) is 3. The Morgan fingerprint density at radius 2 is 2.00 bits per heavy atom. The number of rotatable bonds is 7. The highest BCUT2D eigenvalue weighted by molar-refractivity contribution is 5.36. The van der Waals surface area contributed by atoms with E-state index in [-0.39, 0.29) is 12.1 Å². The molecule has 1 rings (SSSR count). The van der Waals surface area contributed by atoms with Crippen LogP contribution in [0.1, 0.15) is 37.9 Å². The van der Waals surface area contributed by atoms with Gasteiger partial charge in [-0.05, 0) is 50.6 Å². The molecule has 102 valence electrons. The molecule has 0 aliphatic rings. The van der Waals surface area contributed by atoms with Crippen LogP contribution in [0.25, 0.3) is 0 Å². The molecular weight excluding hydrogens is 226 g/mol. The lowest BCUT2D eigenvalue weighted by Gasteiger charge is -2.22. The van der Waals surface area contributed by atoms with Crippen molar-refractivity contribution in [3.63, 3.8) is 0 Å². The summed E-state index contributed by atoms with van der Waals surface area (Å²) in [6.45, 7) is 9.96. The first-order chi connectivity index (χ1) is 8.58. The summed E-state index contributed by atoms with van der Waals surface area (Å²) in [6.07, 6.45) is 0.254. The SMILES string of the molecule is CCNC(COC(C)C)c1ccc(OC)cc1C. The van der Waals surface area contributed by atoms with E-state index in [1.807, 2.05) is 6.07 Å². The minimum absolute atomic E-state index is 0.239. The fraction of sp³-hybridized carbons (Fsp3) is 0.600. The molecule has 1 aromatic carbocycles. The van der Waals surface area contributed by atoms with Gasteiger partial charge in [0, 0.05) is 0 Å². The van der Waals surface area contributed by atoms with Crippen molar-refractivity contribution in [2.75, 3.05) is 20.3 Å². The molecule has 1 aromatic rings. The van der Waals surface area contributed by atoms with E-state index in [9.17, 15) is 0 Å². The van der Waals surface area contributed by atoms with Crippen molar-refractivity contribution in [2.24, 2.45) is 0 Å². The van der Waals surface area contributed by atoms with E-state index in [0.29, 0.717) is 6.61 Å². The second-order valence-corrected chi connectivity index (χ2v) is 4.71. The summed E-state index contributed by atoms with van der Waals surface area (Å²) in [7, 11) is 1.69. The number of methoxy groups -OCH3 is 1. The van der Waals surface area contributed by atoms with E-state index in [2.05, 4.69) is 45.1 Å². The van der Waals surface area contributed by atoms with Crippen molar-refractivity contribution in [1.29, 1.82) is 0 Å². The molecule has 1 unspecified atom stereocenters. The van der Waals surface area contributed by atoms with E-state index in [4.69, 9.17) is 9.47 Å². The van der Waals surface area contributed by atoms with Crippen LogP contribution in [0.3, 0.4) is 0 Å². The lowest BCUT2D eigenvalue weighted by atomic mass is 10.0. The van der Waals surface area contributed by atoms with Crippen molar-refractivity contribution >= 4 is 0 Å². The van der Waals surface area contributed by atoms with E-state index < -0.39 is 0 Å². The Balaban J connectivity index is 2.84. The Kier molecular flexibility index (Phi) is 6.16. The van der Waals surface area contributed by atoms with E-state index in [1.54, 1.807) is 7.11 Å². The minimum atomic E-state index is 0.239. The standard InChI is InChI=1S/C15H25NO2/c1-6-16-15(10-18-11(2)3)14-8-7-13(17-5)9-12(14)4/h7-9,11,15-16H,6,10H2,1-5H3. The first kappa shape index (κ1) is 15.0. The molecule has 0 saturated carbocycles. The zero-order valence-corrected chi connectivity index (χ0v) is 12.1. The molecule has 0 amide bonds. The van der Waals surface area contributed by atoms with Gasteiger partial charge in [0.2, 0.25) is 0 Å². The summed E-state index contributed by atoms with van der Waals surface area (Å²) in [6, 6.07) is 6.42. The maximum absolute atomic E-state index is 5.73. The average molecular weight is 251 g/mol. The fourth-order valence-electron chi connectivity index (χ4n) is 1.96. The van der Waals surface area contributed by atoms with Crippen molar-refractivity contribution in [3.8, 4) is 5.75 Å². The largest absolute Gasteiger partial charge is 0.497 e. The molecule has 1 N–H and O–H groups in total.